The quantitative estimate of drug-likeness (QED) is 0.707. The first kappa shape index (κ1) is 14.5. The van der Waals surface area contributed by atoms with E-state index in [4.69, 9.17) is 0 Å². The van der Waals surface area contributed by atoms with Crippen molar-refractivity contribution in [2.24, 2.45) is 11.8 Å². The second kappa shape index (κ2) is 5.83. The van der Waals surface area contributed by atoms with Crippen molar-refractivity contribution < 1.29 is 8.42 Å². The zero-order valence-corrected chi connectivity index (χ0v) is 12.7. The molecule has 0 radical (unpaired) electrons. The lowest BCUT2D eigenvalue weighted by Crippen LogP contribution is -2.38. The average Bonchev–Trinajstić information content (AvgIpc) is 2.12. The number of hydrogen-bond donors (Lipinski definition) is 0. The molecule has 1 aliphatic carbocycles. The topological polar surface area (TPSA) is 37.4 Å². The molecule has 0 aromatic heterocycles. The maximum Gasteiger partial charge on any atom is 0.213 e. The van der Waals surface area contributed by atoms with Crippen molar-refractivity contribution in [3.63, 3.8) is 0 Å². The minimum atomic E-state index is -3.03. The Morgan fingerprint density at radius 2 is 1.94 bits per heavy atom. The van der Waals surface area contributed by atoms with Gasteiger partial charge in [-0.15, -0.1) is 0 Å². The van der Waals surface area contributed by atoms with E-state index in [1.807, 2.05) is 0 Å². The summed E-state index contributed by atoms with van der Waals surface area (Å²) in [4.78, 5) is 0.601. The van der Waals surface area contributed by atoms with Gasteiger partial charge in [-0.05, 0) is 31.1 Å². The first-order chi connectivity index (χ1) is 7.31. The molecule has 0 heterocycles. The van der Waals surface area contributed by atoms with Crippen molar-refractivity contribution in [3.8, 4) is 0 Å². The van der Waals surface area contributed by atoms with Crippen LogP contribution in [0.15, 0.2) is 0 Å². The molecule has 0 bridgehead atoms. The maximum atomic E-state index is 11.9. The Balaban J connectivity index is 2.36. The van der Waals surface area contributed by atoms with Gasteiger partial charge in [-0.1, -0.05) is 29.8 Å². The summed E-state index contributed by atoms with van der Waals surface area (Å²) in [6, 6.07) is 0. The predicted molar refractivity (Wildman–Crippen MR) is 71.3 cm³/mol. The van der Waals surface area contributed by atoms with Crippen LogP contribution in [-0.4, -0.2) is 36.9 Å². The van der Waals surface area contributed by atoms with Gasteiger partial charge in [-0.3, -0.25) is 0 Å². The first-order valence-corrected chi connectivity index (χ1v) is 8.42. The highest BCUT2D eigenvalue weighted by Crippen LogP contribution is 2.34. The molecular formula is C11H22BrNO2S. The highest BCUT2D eigenvalue weighted by Gasteiger charge is 2.30. The van der Waals surface area contributed by atoms with E-state index in [0.717, 1.165) is 19.3 Å². The van der Waals surface area contributed by atoms with E-state index in [1.165, 1.54) is 0 Å². The fourth-order valence-corrected chi connectivity index (χ4v) is 4.40. The number of hydrogen-bond acceptors (Lipinski definition) is 2. The first-order valence-electron chi connectivity index (χ1n) is 5.89. The molecule has 96 valence electrons. The molecule has 0 aromatic rings. The van der Waals surface area contributed by atoms with Gasteiger partial charge in [-0.25, -0.2) is 12.7 Å². The van der Waals surface area contributed by atoms with Crippen molar-refractivity contribution >= 4 is 26.0 Å². The second-order valence-corrected chi connectivity index (χ2v) is 8.70. The zero-order chi connectivity index (χ0) is 12.3. The van der Waals surface area contributed by atoms with E-state index in [9.17, 15) is 8.42 Å². The Morgan fingerprint density at radius 1 is 1.38 bits per heavy atom. The summed E-state index contributed by atoms with van der Waals surface area (Å²) in [5.41, 5.74) is 0. The van der Waals surface area contributed by atoms with E-state index >= 15 is 0 Å². The summed E-state index contributed by atoms with van der Waals surface area (Å²) in [6.07, 6.45) is 2.95. The Kier molecular flexibility index (Phi) is 5.26. The smallest absolute Gasteiger partial charge is 0.212 e. The molecule has 1 aliphatic rings. The lowest BCUT2D eigenvalue weighted by Gasteiger charge is -2.34. The van der Waals surface area contributed by atoms with Crippen molar-refractivity contribution in [2.45, 2.75) is 37.9 Å². The molecule has 1 saturated carbocycles. The number of sulfonamides is 1. The van der Waals surface area contributed by atoms with Crippen LogP contribution in [0.5, 0.6) is 0 Å². The molecule has 0 spiro atoms. The fourth-order valence-electron chi connectivity index (χ4n) is 1.82. The van der Waals surface area contributed by atoms with Crippen LogP contribution in [-0.2, 0) is 10.0 Å². The molecule has 1 fully saturated rings. The molecule has 0 aliphatic heterocycles. The maximum absolute atomic E-state index is 11.9. The van der Waals surface area contributed by atoms with Crippen LogP contribution in [0.1, 0.15) is 33.1 Å². The lowest BCUT2D eigenvalue weighted by molar-refractivity contribution is 0.275. The second-order valence-electron chi connectivity index (χ2n) is 5.21. The number of rotatable bonds is 6. The SMILES string of the molecule is CC(C)CCS(=O)(=O)N(C)CC1CC(Br)C1. The van der Waals surface area contributed by atoms with Gasteiger partial charge in [0.2, 0.25) is 10.0 Å². The van der Waals surface area contributed by atoms with Gasteiger partial charge in [0, 0.05) is 18.4 Å². The summed E-state index contributed by atoms with van der Waals surface area (Å²) in [5.74, 6) is 1.27. The van der Waals surface area contributed by atoms with Crippen molar-refractivity contribution in [2.75, 3.05) is 19.3 Å². The standard InChI is InChI=1S/C11H22BrNO2S/c1-9(2)4-5-16(14,15)13(3)8-10-6-11(12)7-10/h9-11H,4-8H2,1-3H3. The number of alkyl halides is 1. The Labute approximate surface area is 108 Å². The van der Waals surface area contributed by atoms with E-state index in [2.05, 4.69) is 29.8 Å². The average molecular weight is 312 g/mol. The fraction of sp³-hybridized carbons (Fsp3) is 1.00. The van der Waals surface area contributed by atoms with Gasteiger partial charge < -0.3 is 0 Å². The highest BCUT2D eigenvalue weighted by atomic mass is 79.9. The van der Waals surface area contributed by atoms with E-state index in [1.54, 1.807) is 11.4 Å². The molecule has 16 heavy (non-hydrogen) atoms. The van der Waals surface area contributed by atoms with Crippen LogP contribution in [0.3, 0.4) is 0 Å². The molecule has 1 rings (SSSR count). The predicted octanol–water partition coefficient (Wildman–Crippen LogP) is 2.47. The Hall–Kier alpha value is 0.390. The van der Waals surface area contributed by atoms with Crippen LogP contribution < -0.4 is 0 Å². The summed E-state index contributed by atoms with van der Waals surface area (Å²) in [7, 11) is -1.32. The van der Waals surface area contributed by atoms with Crippen LogP contribution >= 0.6 is 15.9 Å². The Bertz CT molecular complexity index is 310. The molecule has 5 heteroatoms. The van der Waals surface area contributed by atoms with E-state index in [0.29, 0.717) is 23.2 Å². The van der Waals surface area contributed by atoms with Gasteiger partial charge in [-0.2, -0.15) is 0 Å². The molecular weight excluding hydrogens is 290 g/mol. The van der Waals surface area contributed by atoms with Crippen LogP contribution in [0, 0.1) is 11.8 Å². The molecule has 0 amide bonds. The summed E-state index contributed by atoms with van der Waals surface area (Å²) in [6.45, 7) is 4.79. The highest BCUT2D eigenvalue weighted by molar-refractivity contribution is 9.09. The van der Waals surface area contributed by atoms with Gasteiger partial charge in [0.25, 0.3) is 0 Å². The lowest BCUT2D eigenvalue weighted by atomic mass is 9.85. The molecule has 0 atom stereocenters. The van der Waals surface area contributed by atoms with Gasteiger partial charge in [0.1, 0.15) is 0 Å². The third-order valence-electron chi connectivity index (χ3n) is 3.12. The van der Waals surface area contributed by atoms with E-state index < -0.39 is 10.0 Å². The summed E-state index contributed by atoms with van der Waals surface area (Å²) < 4.78 is 25.4. The van der Waals surface area contributed by atoms with Crippen molar-refractivity contribution in [3.05, 3.63) is 0 Å². The van der Waals surface area contributed by atoms with Crippen LogP contribution in [0.25, 0.3) is 0 Å². The zero-order valence-electron chi connectivity index (χ0n) is 10.3. The summed E-state index contributed by atoms with van der Waals surface area (Å²) in [5, 5.41) is 0. The third-order valence-corrected chi connectivity index (χ3v) is 5.72. The minimum absolute atomic E-state index is 0.283. The largest absolute Gasteiger partial charge is 0.213 e. The molecule has 0 N–H and O–H groups in total. The van der Waals surface area contributed by atoms with Crippen molar-refractivity contribution in [1.29, 1.82) is 0 Å². The Morgan fingerprint density at radius 3 is 2.38 bits per heavy atom. The number of halogens is 1. The number of nitrogens with zero attached hydrogens (tertiary/aromatic N) is 1. The van der Waals surface area contributed by atoms with Gasteiger partial charge in [0.15, 0.2) is 0 Å². The molecule has 0 unspecified atom stereocenters. The van der Waals surface area contributed by atoms with Crippen LogP contribution in [0.4, 0.5) is 0 Å². The van der Waals surface area contributed by atoms with Gasteiger partial charge >= 0.3 is 0 Å². The van der Waals surface area contributed by atoms with E-state index in [-0.39, 0.29) is 5.75 Å². The molecule has 3 nitrogen and oxygen atoms in total. The normalized spacial score (nSPS) is 26.1. The summed E-state index contributed by atoms with van der Waals surface area (Å²) >= 11 is 3.52. The molecule has 0 aromatic carbocycles. The van der Waals surface area contributed by atoms with Crippen molar-refractivity contribution in [1.82, 2.24) is 4.31 Å². The monoisotopic (exact) mass is 311 g/mol. The molecule has 0 saturated heterocycles. The minimum Gasteiger partial charge on any atom is -0.212 e. The third kappa shape index (κ3) is 4.34. The van der Waals surface area contributed by atoms with Gasteiger partial charge in [0.05, 0.1) is 5.75 Å². The van der Waals surface area contributed by atoms with Crippen LogP contribution in [0.2, 0.25) is 0 Å².